The van der Waals surface area contributed by atoms with E-state index < -0.39 is 10.9 Å². The zero-order valence-corrected chi connectivity index (χ0v) is 23.8. The van der Waals surface area contributed by atoms with Crippen LogP contribution in [0.2, 0.25) is 0 Å². The van der Waals surface area contributed by atoms with Gasteiger partial charge in [-0.2, -0.15) is 0 Å². The third kappa shape index (κ3) is 6.64. The zero-order valence-electron chi connectivity index (χ0n) is 22.2. The van der Waals surface area contributed by atoms with Crippen molar-refractivity contribution in [1.29, 1.82) is 0 Å². The molecule has 4 rings (SSSR count). The van der Waals surface area contributed by atoms with Gasteiger partial charge in [-0.15, -0.1) is 10.2 Å². The topological polar surface area (TPSA) is 130 Å². The molecule has 0 spiro atoms. The number of carboxylic acid groups (broad SMARTS) is 1. The minimum atomic E-state index is -1.19. The summed E-state index contributed by atoms with van der Waals surface area (Å²) < 4.78 is 12.5. The van der Waals surface area contributed by atoms with Crippen LogP contribution in [-0.2, 0) is 11.3 Å². The Labute approximate surface area is 239 Å². The standard InChI is InChI=1S/C28H26N4O6S2/c1-5-31-26(19-14-20(37-3)16-21(15-19)38-4)29-30-28(31)40-25(27(33)34)13-18-8-11-24(23(12-18)32(35)36)39-22-9-6-17(2)7-10-22/h6-16H,5H2,1-4H3,(H,33,34)/b25-13+. The summed E-state index contributed by atoms with van der Waals surface area (Å²) in [5.41, 5.74) is 2.05. The Morgan fingerprint density at radius 1 is 1.05 bits per heavy atom. The maximum atomic E-state index is 12.2. The fraction of sp³-hybridized carbons (Fsp3) is 0.179. The van der Waals surface area contributed by atoms with Crippen molar-refractivity contribution in [1.82, 2.24) is 14.8 Å². The smallest absolute Gasteiger partial charge is 0.342 e. The van der Waals surface area contributed by atoms with E-state index in [1.165, 1.54) is 23.9 Å². The zero-order chi connectivity index (χ0) is 28.8. The molecule has 1 aromatic heterocycles. The van der Waals surface area contributed by atoms with Gasteiger partial charge in [-0.3, -0.25) is 10.1 Å². The Bertz CT molecular complexity index is 1560. The van der Waals surface area contributed by atoms with Gasteiger partial charge >= 0.3 is 5.97 Å². The predicted octanol–water partition coefficient (Wildman–Crippen LogP) is 6.57. The lowest BCUT2D eigenvalue weighted by Crippen LogP contribution is -2.03. The summed E-state index contributed by atoms with van der Waals surface area (Å²) in [4.78, 5) is 24.8. The van der Waals surface area contributed by atoms with Crippen molar-refractivity contribution >= 4 is 41.3 Å². The molecule has 12 heteroatoms. The number of methoxy groups -OCH3 is 2. The minimum absolute atomic E-state index is 0.0647. The first-order chi connectivity index (χ1) is 19.2. The molecular formula is C28H26N4O6S2. The number of hydrogen-bond donors (Lipinski definition) is 1. The van der Waals surface area contributed by atoms with Crippen molar-refractivity contribution < 1.29 is 24.3 Å². The number of rotatable bonds is 11. The van der Waals surface area contributed by atoms with Gasteiger partial charge in [-0.1, -0.05) is 35.5 Å². The minimum Gasteiger partial charge on any atom is -0.497 e. The van der Waals surface area contributed by atoms with E-state index in [0.29, 0.717) is 45.0 Å². The molecule has 0 radical (unpaired) electrons. The molecule has 0 fully saturated rings. The second-order valence-corrected chi connectivity index (χ2v) is 10.6. The van der Waals surface area contributed by atoms with Gasteiger partial charge in [0.05, 0.1) is 24.0 Å². The Morgan fingerprint density at radius 3 is 2.30 bits per heavy atom. The normalized spacial score (nSPS) is 11.3. The van der Waals surface area contributed by atoms with Crippen LogP contribution < -0.4 is 9.47 Å². The first-order valence-corrected chi connectivity index (χ1v) is 13.7. The van der Waals surface area contributed by atoms with Crippen LogP contribution >= 0.6 is 23.5 Å². The Balaban J connectivity index is 1.66. The van der Waals surface area contributed by atoms with E-state index in [-0.39, 0.29) is 10.6 Å². The number of aliphatic carboxylic acids is 1. The molecular weight excluding hydrogens is 552 g/mol. The van der Waals surface area contributed by atoms with Crippen molar-refractivity contribution in [3.8, 4) is 22.9 Å². The fourth-order valence-corrected chi connectivity index (χ4v) is 5.56. The van der Waals surface area contributed by atoms with Gasteiger partial charge < -0.3 is 19.1 Å². The maximum Gasteiger partial charge on any atom is 0.342 e. The number of hydrogen-bond acceptors (Lipinski definition) is 9. The highest BCUT2D eigenvalue weighted by molar-refractivity contribution is 8.04. The summed E-state index contributed by atoms with van der Waals surface area (Å²) in [5.74, 6) is 0.470. The molecule has 0 bridgehead atoms. The molecule has 40 heavy (non-hydrogen) atoms. The summed E-state index contributed by atoms with van der Waals surface area (Å²) in [7, 11) is 3.10. The molecule has 0 aliphatic heterocycles. The lowest BCUT2D eigenvalue weighted by molar-refractivity contribution is -0.387. The second kappa shape index (κ2) is 12.7. The van der Waals surface area contributed by atoms with Gasteiger partial charge in [0, 0.05) is 29.1 Å². The fourth-order valence-electron chi connectivity index (χ4n) is 3.77. The molecule has 1 heterocycles. The van der Waals surface area contributed by atoms with Crippen molar-refractivity contribution in [2.45, 2.75) is 35.3 Å². The third-order valence-electron chi connectivity index (χ3n) is 5.78. The SMILES string of the molecule is CCn1c(S/C(=C/c2ccc(Sc3ccc(C)cc3)c([N+](=O)[O-])c2)C(=O)O)nnc1-c1cc(OC)cc(OC)c1. The summed E-state index contributed by atoms with van der Waals surface area (Å²) in [5, 5.41) is 30.7. The van der Waals surface area contributed by atoms with Gasteiger partial charge in [-0.25, -0.2) is 4.79 Å². The van der Waals surface area contributed by atoms with Gasteiger partial charge in [0.1, 0.15) is 16.4 Å². The molecule has 1 N–H and O–H groups in total. The van der Waals surface area contributed by atoms with Crippen LogP contribution in [0.4, 0.5) is 5.69 Å². The summed E-state index contributed by atoms with van der Waals surface area (Å²) >= 11 is 2.19. The van der Waals surface area contributed by atoms with E-state index in [9.17, 15) is 20.0 Å². The van der Waals surface area contributed by atoms with Crippen molar-refractivity contribution in [2.75, 3.05) is 14.2 Å². The van der Waals surface area contributed by atoms with Crippen LogP contribution in [0.25, 0.3) is 17.5 Å². The summed E-state index contributed by atoms with van der Waals surface area (Å²) in [6.07, 6.45) is 1.39. The predicted molar refractivity (Wildman–Crippen MR) is 154 cm³/mol. The van der Waals surface area contributed by atoms with Gasteiger partial charge in [0.15, 0.2) is 11.0 Å². The van der Waals surface area contributed by atoms with Crippen molar-refractivity contribution in [3.05, 3.63) is 86.8 Å². The van der Waals surface area contributed by atoms with Crippen LogP contribution in [0, 0.1) is 17.0 Å². The maximum absolute atomic E-state index is 12.2. The molecule has 0 saturated heterocycles. The number of aromatic nitrogens is 3. The monoisotopic (exact) mass is 578 g/mol. The van der Waals surface area contributed by atoms with Crippen LogP contribution in [0.15, 0.2) is 80.5 Å². The molecule has 206 valence electrons. The van der Waals surface area contributed by atoms with Crippen molar-refractivity contribution in [2.24, 2.45) is 0 Å². The van der Waals surface area contributed by atoms with Gasteiger partial charge in [0.2, 0.25) is 0 Å². The number of carboxylic acids is 1. The van der Waals surface area contributed by atoms with E-state index in [2.05, 4.69) is 10.2 Å². The largest absolute Gasteiger partial charge is 0.497 e. The van der Waals surface area contributed by atoms with Crippen molar-refractivity contribution in [3.63, 3.8) is 0 Å². The average Bonchev–Trinajstić information content (AvgIpc) is 3.36. The molecule has 0 aliphatic carbocycles. The van der Waals surface area contributed by atoms with E-state index in [1.807, 2.05) is 38.1 Å². The van der Waals surface area contributed by atoms with E-state index in [1.54, 1.807) is 49.1 Å². The first-order valence-electron chi connectivity index (χ1n) is 12.0. The third-order valence-corrected chi connectivity index (χ3v) is 7.85. The average molecular weight is 579 g/mol. The lowest BCUT2D eigenvalue weighted by Gasteiger charge is -2.10. The number of carbonyl (C=O) groups is 1. The van der Waals surface area contributed by atoms with Crippen LogP contribution in [0.1, 0.15) is 18.1 Å². The Morgan fingerprint density at radius 2 is 1.73 bits per heavy atom. The highest BCUT2D eigenvalue weighted by Crippen LogP contribution is 2.37. The molecule has 10 nitrogen and oxygen atoms in total. The summed E-state index contributed by atoms with van der Waals surface area (Å²) in [6.45, 7) is 4.33. The number of nitro groups is 1. The highest BCUT2D eigenvalue weighted by Gasteiger charge is 2.21. The molecule has 0 unspecified atom stereocenters. The van der Waals surface area contributed by atoms with E-state index in [4.69, 9.17) is 9.47 Å². The van der Waals surface area contributed by atoms with Crippen LogP contribution in [0.3, 0.4) is 0 Å². The number of benzene rings is 3. The van der Waals surface area contributed by atoms with Gasteiger partial charge in [0.25, 0.3) is 5.69 Å². The number of nitro benzene ring substituents is 1. The number of ether oxygens (including phenoxy) is 2. The van der Waals surface area contributed by atoms with Gasteiger partial charge in [-0.05, 0) is 67.6 Å². The Hall–Kier alpha value is -4.29. The lowest BCUT2D eigenvalue weighted by atomic mass is 10.2. The molecule has 4 aromatic rings. The second-order valence-electron chi connectivity index (χ2n) is 8.47. The van der Waals surface area contributed by atoms with Crippen LogP contribution in [0.5, 0.6) is 11.5 Å². The Kier molecular flexibility index (Phi) is 9.12. The quantitative estimate of drug-likeness (QED) is 0.0903. The highest BCUT2D eigenvalue weighted by atomic mass is 32.2. The number of nitrogens with zero attached hydrogens (tertiary/aromatic N) is 4. The van der Waals surface area contributed by atoms with E-state index >= 15 is 0 Å². The molecule has 0 aliphatic rings. The van der Waals surface area contributed by atoms with Crippen LogP contribution in [-0.4, -0.2) is 45.0 Å². The number of aryl methyl sites for hydroxylation is 1. The molecule has 3 aromatic carbocycles. The molecule has 0 atom stereocenters. The first kappa shape index (κ1) is 28.7. The molecule has 0 amide bonds. The molecule has 0 saturated carbocycles. The van der Waals surface area contributed by atoms with E-state index in [0.717, 1.165) is 22.2 Å². The summed E-state index contributed by atoms with van der Waals surface area (Å²) in [6, 6.07) is 17.6. The number of thioether (sulfide) groups is 1.